The molecule has 3 saturated heterocycles. The molecule has 1 aromatic rings. The van der Waals surface area contributed by atoms with E-state index in [-0.39, 0.29) is 18.6 Å². The average Bonchev–Trinajstić information content (AvgIpc) is 3.23. The summed E-state index contributed by atoms with van der Waals surface area (Å²) in [6.45, 7) is 6.63. The van der Waals surface area contributed by atoms with Gasteiger partial charge in [0.25, 0.3) is 0 Å². The lowest BCUT2D eigenvalue weighted by atomic mass is 10.2. The quantitative estimate of drug-likeness (QED) is 0.756. The van der Waals surface area contributed by atoms with E-state index >= 15 is 0 Å². The molecule has 1 aromatic carbocycles. The number of halogens is 1. The molecular formula is C20H27ClN4O4. The lowest BCUT2D eigenvalue weighted by Crippen LogP contribution is -2.50. The van der Waals surface area contributed by atoms with Crippen LogP contribution in [0.3, 0.4) is 0 Å². The van der Waals surface area contributed by atoms with E-state index in [4.69, 9.17) is 21.1 Å². The first-order chi connectivity index (χ1) is 14.1. The standard InChI is InChI=1S/C20H27ClN4O4/c21-16-4-3-15(14-17(16)25-7-5-18(26)22-20(25)27)24-10-8-23(9-11-24)6-1-2-19-28-12-13-29-19/h3-4,14,19H,1-2,5-13H2,(H,22,26,27). The van der Waals surface area contributed by atoms with Gasteiger partial charge in [0.15, 0.2) is 6.29 Å². The van der Waals surface area contributed by atoms with Crippen molar-refractivity contribution in [2.45, 2.75) is 25.6 Å². The highest BCUT2D eigenvalue weighted by atomic mass is 35.5. The van der Waals surface area contributed by atoms with Crippen molar-refractivity contribution in [3.63, 3.8) is 0 Å². The van der Waals surface area contributed by atoms with Gasteiger partial charge in [0.2, 0.25) is 5.91 Å². The van der Waals surface area contributed by atoms with Crippen LogP contribution in [0.5, 0.6) is 0 Å². The number of ether oxygens (including phenoxy) is 2. The summed E-state index contributed by atoms with van der Waals surface area (Å²) in [6, 6.07) is 5.34. The molecule has 3 amide bonds. The van der Waals surface area contributed by atoms with Gasteiger partial charge in [-0.25, -0.2) is 4.79 Å². The lowest BCUT2D eigenvalue weighted by Gasteiger charge is -2.37. The van der Waals surface area contributed by atoms with E-state index in [1.54, 1.807) is 0 Å². The Hall–Kier alpha value is -1.87. The number of nitrogens with one attached hydrogen (secondary N) is 1. The molecule has 0 aromatic heterocycles. The number of benzene rings is 1. The number of hydrogen-bond acceptors (Lipinski definition) is 6. The van der Waals surface area contributed by atoms with Gasteiger partial charge in [0.1, 0.15) is 0 Å². The van der Waals surface area contributed by atoms with Crippen molar-refractivity contribution in [2.75, 3.05) is 62.3 Å². The maximum absolute atomic E-state index is 12.2. The van der Waals surface area contributed by atoms with Crippen LogP contribution >= 0.6 is 11.6 Å². The normalized spacial score (nSPS) is 21.7. The number of imide groups is 1. The molecule has 1 N–H and O–H groups in total. The molecule has 0 bridgehead atoms. The Morgan fingerprint density at radius 1 is 1.07 bits per heavy atom. The smallest absolute Gasteiger partial charge is 0.328 e. The molecule has 0 aliphatic carbocycles. The summed E-state index contributed by atoms with van der Waals surface area (Å²) < 4.78 is 11.0. The monoisotopic (exact) mass is 422 g/mol. The number of anilines is 2. The predicted octanol–water partition coefficient (Wildman–Crippen LogP) is 2.06. The number of rotatable bonds is 6. The van der Waals surface area contributed by atoms with Crippen molar-refractivity contribution in [2.24, 2.45) is 0 Å². The summed E-state index contributed by atoms with van der Waals surface area (Å²) in [5.74, 6) is -0.249. The SMILES string of the molecule is O=C1CCN(c2cc(N3CCN(CCCC4OCCO4)CC3)ccc2Cl)C(=O)N1. The molecule has 9 heteroatoms. The number of carbonyl (C=O) groups is 2. The van der Waals surface area contributed by atoms with Gasteiger partial charge in [0.05, 0.1) is 23.9 Å². The molecule has 0 radical (unpaired) electrons. The van der Waals surface area contributed by atoms with Crippen molar-refractivity contribution in [1.29, 1.82) is 0 Å². The summed E-state index contributed by atoms with van der Waals surface area (Å²) in [5, 5.41) is 2.86. The zero-order chi connectivity index (χ0) is 20.2. The van der Waals surface area contributed by atoms with E-state index in [1.807, 2.05) is 18.2 Å². The highest BCUT2D eigenvalue weighted by molar-refractivity contribution is 6.34. The highest BCUT2D eigenvalue weighted by Crippen LogP contribution is 2.32. The van der Waals surface area contributed by atoms with Crippen LogP contribution in [0.15, 0.2) is 18.2 Å². The summed E-state index contributed by atoms with van der Waals surface area (Å²) in [4.78, 5) is 29.9. The van der Waals surface area contributed by atoms with Crippen molar-refractivity contribution in [3.8, 4) is 0 Å². The third kappa shape index (κ3) is 5.01. The zero-order valence-electron chi connectivity index (χ0n) is 16.4. The molecule has 0 spiro atoms. The Bertz CT molecular complexity index is 748. The van der Waals surface area contributed by atoms with Gasteiger partial charge in [-0.15, -0.1) is 0 Å². The molecule has 29 heavy (non-hydrogen) atoms. The fraction of sp³-hybridized carbons (Fsp3) is 0.600. The topological polar surface area (TPSA) is 74.4 Å². The Morgan fingerprint density at radius 3 is 2.55 bits per heavy atom. The zero-order valence-corrected chi connectivity index (χ0v) is 17.2. The maximum Gasteiger partial charge on any atom is 0.328 e. The summed E-state index contributed by atoms with van der Waals surface area (Å²) in [7, 11) is 0. The van der Waals surface area contributed by atoms with Crippen LogP contribution in [0.1, 0.15) is 19.3 Å². The lowest BCUT2D eigenvalue weighted by molar-refractivity contribution is -0.120. The number of nitrogens with zero attached hydrogens (tertiary/aromatic N) is 3. The van der Waals surface area contributed by atoms with Crippen molar-refractivity contribution in [1.82, 2.24) is 10.2 Å². The molecule has 4 rings (SSSR count). The molecule has 0 saturated carbocycles. The summed E-state index contributed by atoms with van der Waals surface area (Å²) in [5.41, 5.74) is 1.69. The van der Waals surface area contributed by atoms with Crippen LogP contribution in [0.25, 0.3) is 0 Å². The molecule has 0 unspecified atom stereocenters. The maximum atomic E-state index is 12.2. The number of hydrogen-bond donors (Lipinski definition) is 1. The fourth-order valence-electron chi connectivity index (χ4n) is 3.98. The number of carbonyl (C=O) groups excluding carboxylic acids is 2. The summed E-state index contributed by atoms with van der Waals surface area (Å²) in [6.07, 6.45) is 2.27. The van der Waals surface area contributed by atoms with Crippen molar-refractivity contribution >= 4 is 34.9 Å². The average molecular weight is 423 g/mol. The van der Waals surface area contributed by atoms with Gasteiger partial charge in [-0.2, -0.15) is 0 Å². The van der Waals surface area contributed by atoms with Gasteiger partial charge in [-0.3, -0.25) is 19.9 Å². The van der Waals surface area contributed by atoms with Crippen molar-refractivity contribution < 1.29 is 19.1 Å². The second-order valence-electron chi connectivity index (χ2n) is 7.53. The first-order valence-electron chi connectivity index (χ1n) is 10.2. The minimum Gasteiger partial charge on any atom is -0.369 e. The summed E-state index contributed by atoms with van der Waals surface area (Å²) >= 11 is 6.35. The van der Waals surface area contributed by atoms with Crippen LogP contribution in [-0.4, -0.2) is 75.6 Å². The van der Waals surface area contributed by atoms with E-state index in [2.05, 4.69) is 15.1 Å². The van der Waals surface area contributed by atoms with Crippen LogP contribution in [0.4, 0.5) is 16.2 Å². The molecule has 8 nitrogen and oxygen atoms in total. The molecule has 0 atom stereocenters. The third-order valence-corrected chi connectivity index (χ3v) is 5.94. The number of piperazine rings is 1. The Labute approximate surface area is 175 Å². The number of urea groups is 1. The second kappa shape index (κ2) is 9.30. The van der Waals surface area contributed by atoms with Gasteiger partial charge >= 0.3 is 6.03 Å². The van der Waals surface area contributed by atoms with Gasteiger partial charge in [-0.05, 0) is 37.6 Å². The highest BCUT2D eigenvalue weighted by Gasteiger charge is 2.27. The molecule has 3 heterocycles. The fourth-order valence-corrected chi connectivity index (χ4v) is 4.20. The second-order valence-corrected chi connectivity index (χ2v) is 7.94. The molecule has 3 fully saturated rings. The van der Waals surface area contributed by atoms with E-state index in [9.17, 15) is 9.59 Å². The van der Waals surface area contributed by atoms with E-state index in [1.165, 1.54) is 4.90 Å². The molecular weight excluding hydrogens is 396 g/mol. The van der Waals surface area contributed by atoms with E-state index in [0.717, 1.165) is 51.3 Å². The van der Waals surface area contributed by atoms with E-state index < -0.39 is 6.03 Å². The minimum absolute atomic E-state index is 0.0222. The number of amides is 3. The van der Waals surface area contributed by atoms with Crippen LogP contribution in [0.2, 0.25) is 5.02 Å². The Kier molecular flexibility index (Phi) is 6.54. The molecule has 3 aliphatic rings. The minimum atomic E-state index is -0.416. The van der Waals surface area contributed by atoms with Gasteiger partial charge in [0, 0.05) is 44.8 Å². The van der Waals surface area contributed by atoms with Crippen LogP contribution < -0.4 is 15.1 Å². The molecule has 3 aliphatic heterocycles. The van der Waals surface area contributed by atoms with Gasteiger partial charge < -0.3 is 14.4 Å². The third-order valence-electron chi connectivity index (χ3n) is 5.62. The first-order valence-corrected chi connectivity index (χ1v) is 10.6. The van der Waals surface area contributed by atoms with Crippen LogP contribution in [0, 0.1) is 0 Å². The Morgan fingerprint density at radius 2 is 1.83 bits per heavy atom. The Balaban J connectivity index is 1.31. The van der Waals surface area contributed by atoms with E-state index in [0.29, 0.717) is 30.5 Å². The van der Waals surface area contributed by atoms with Gasteiger partial charge in [-0.1, -0.05) is 11.6 Å². The molecule has 158 valence electrons. The van der Waals surface area contributed by atoms with Crippen LogP contribution in [-0.2, 0) is 14.3 Å². The van der Waals surface area contributed by atoms with Crippen molar-refractivity contribution in [3.05, 3.63) is 23.2 Å². The predicted molar refractivity (Wildman–Crippen MR) is 111 cm³/mol. The largest absolute Gasteiger partial charge is 0.369 e. The first kappa shape index (κ1) is 20.4.